The Morgan fingerprint density at radius 1 is 1.41 bits per heavy atom. The number of hydrogen-bond donors (Lipinski definition) is 1. The molecule has 0 amide bonds. The summed E-state index contributed by atoms with van der Waals surface area (Å²) in [6, 6.07) is 7.43. The normalized spacial score (nSPS) is 9.76. The van der Waals surface area contributed by atoms with Crippen LogP contribution in [-0.4, -0.2) is 26.2 Å². The maximum absolute atomic E-state index is 11.3. The van der Waals surface area contributed by atoms with Gasteiger partial charge in [-0.05, 0) is 18.6 Å². The van der Waals surface area contributed by atoms with Gasteiger partial charge in [-0.1, -0.05) is 19.4 Å². The number of ether oxygens (including phenoxy) is 2. The van der Waals surface area contributed by atoms with Crippen molar-refractivity contribution in [1.82, 2.24) is 0 Å². The molecular formula is C13H19NO3. The number of carbonyl (C=O) groups excluding carboxylic acids is 1. The molecule has 1 N–H and O–H groups in total. The van der Waals surface area contributed by atoms with Gasteiger partial charge in [0.25, 0.3) is 0 Å². The Kier molecular flexibility index (Phi) is 5.93. The summed E-state index contributed by atoms with van der Waals surface area (Å²) in [5.74, 6) is 0.524. The summed E-state index contributed by atoms with van der Waals surface area (Å²) in [5.41, 5.74) is 0.844. The third kappa shape index (κ3) is 5.24. The molecule has 4 nitrogen and oxygen atoms in total. The van der Waals surface area contributed by atoms with Crippen LogP contribution in [0.1, 0.15) is 19.8 Å². The first kappa shape index (κ1) is 13.4. The summed E-state index contributed by atoms with van der Waals surface area (Å²) in [6.45, 7) is 2.73. The Morgan fingerprint density at radius 2 is 2.24 bits per heavy atom. The lowest BCUT2D eigenvalue weighted by Gasteiger charge is -2.08. The standard InChI is InChI=1S/C13H19NO3/c1-3-4-8-17-13(15)10-14-11-6-5-7-12(9-11)16-2/h5-7,9,14H,3-4,8,10H2,1-2H3. The van der Waals surface area contributed by atoms with E-state index in [2.05, 4.69) is 12.2 Å². The first-order valence-electron chi connectivity index (χ1n) is 5.79. The molecule has 94 valence electrons. The fraction of sp³-hybridized carbons (Fsp3) is 0.462. The molecule has 0 atom stereocenters. The number of rotatable bonds is 7. The molecule has 0 heterocycles. The highest BCUT2D eigenvalue weighted by molar-refractivity contribution is 5.75. The van der Waals surface area contributed by atoms with Crippen molar-refractivity contribution in [2.45, 2.75) is 19.8 Å². The molecule has 0 fully saturated rings. The molecule has 0 saturated carbocycles. The molecule has 4 heteroatoms. The summed E-state index contributed by atoms with van der Waals surface area (Å²) < 4.78 is 10.1. The monoisotopic (exact) mass is 237 g/mol. The van der Waals surface area contributed by atoms with Crippen LogP contribution in [0.25, 0.3) is 0 Å². The maximum Gasteiger partial charge on any atom is 0.325 e. The quantitative estimate of drug-likeness (QED) is 0.584. The average molecular weight is 237 g/mol. The van der Waals surface area contributed by atoms with Crippen molar-refractivity contribution in [3.63, 3.8) is 0 Å². The number of esters is 1. The van der Waals surface area contributed by atoms with Gasteiger partial charge in [0.1, 0.15) is 12.3 Å². The van der Waals surface area contributed by atoms with E-state index in [4.69, 9.17) is 9.47 Å². The van der Waals surface area contributed by atoms with E-state index in [0.29, 0.717) is 6.61 Å². The van der Waals surface area contributed by atoms with Crippen molar-refractivity contribution in [3.05, 3.63) is 24.3 Å². The van der Waals surface area contributed by atoms with Gasteiger partial charge in [-0.2, -0.15) is 0 Å². The molecule has 0 aliphatic heterocycles. The predicted molar refractivity (Wildman–Crippen MR) is 67.4 cm³/mol. The van der Waals surface area contributed by atoms with Gasteiger partial charge in [0.2, 0.25) is 0 Å². The molecule has 0 aliphatic rings. The van der Waals surface area contributed by atoms with Crippen molar-refractivity contribution in [2.75, 3.05) is 25.6 Å². The second kappa shape index (κ2) is 7.54. The third-order valence-electron chi connectivity index (χ3n) is 2.27. The molecule has 0 saturated heterocycles. The van der Waals surface area contributed by atoms with Crippen LogP contribution in [0.3, 0.4) is 0 Å². The minimum atomic E-state index is -0.235. The molecule has 1 rings (SSSR count). The van der Waals surface area contributed by atoms with Gasteiger partial charge in [-0.3, -0.25) is 4.79 Å². The largest absolute Gasteiger partial charge is 0.497 e. The van der Waals surface area contributed by atoms with Crippen molar-refractivity contribution in [1.29, 1.82) is 0 Å². The van der Waals surface area contributed by atoms with Crippen LogP contribution in [0, 0.1) is 0 Å². The van der Waals surface area contributed by atoms with Gasteiger partial charge in [0.15, 0.2) is 0 Å². The Hall–Kier alpha value is -1.71. The zero-order chi connectivity index (χ0) is 12.5. The molecule has 0 aliphatic carbocycles. The summed E-state index contributed by atoms with van der Waals surface area (Å²) in [6.07, 6.45) is 1.93. The van der Waals surface area contributed by atoms with Gasteiger partial charge >= 0.3 is 5.97 Å². The number of anilines is 1. The van der Waals surface area contributed by atoms with Crippen LogP contribution in [0.4, 0.5) is 5.69 Å². The van der Waals surface area contributed by atoms with E-state index in [0.717, 1.165) is 24.3 Å². The topological polar surface area (TPSA) is 47.6 Å². The zero-order valence-corrected chi connectivity index (χ0v) is 10.4. The van der Waals surface area contributed by atoms with E-state index in [1.807, 2.05) is 24.3 Å². The summed E-state index contributed by atoms with van der Waals surface area (Å²) in [5, 5.41) is 2.99. The van der Waals surface area contributed by atoms with Crippen molar-refractivity contribution >= 4 is 11.7 Å². The van der Waals surface area contributed by atoms with Gasteiger partial charge < -0.3 is 14.8 Å². The molecular weight excluding hydrogens is 218 g/mol. The number of nitrogens with one attached hydrogen (secondary N) is 1. The first-order valence-corrected chi connectivity index (χ1v) is 5.79. The second-order valence-corrected chi connectivity index (χ2v) is 3.66. The Labute approximate surface area is 102 Å². The smallest absolute Gasteiger partial charge is 0.325 e. The first-order chi connectivity index (χ1) is 8.26. The highest BCUT2D eigenvalue weighted by Gasteiger charge is 2.02. The SMILES string of the molecule is CCCCOC(=O)CNc1cccc(OC)c1. The fourth-order valence-corrected chi connectivity index (χ4v) is 1.29. The van der Waals surface area contributed by atoms with Crippen LogP contribution >= 0.6 is 0 Å². The lowest BCUT2D eigenvalue weighted by molar-refractivity contribution is -0.141. The van der Waals surface area contributed by atoms with Gasteiger partial charge in [0, 0.05) is 11.8 Å². The number of methoxy groups -OCH3 is 1. The molecule has 0 bridgehead atoms. The van der Waals surface area contributed by atoms with Crippen LogP contribution < -0.4 is 10.1 Å². The Bertz CT molecular complexity index is 352. The van der Waals surface area contributed by atoms with Crippen molar-refractivity contribution < 1.29 is 14.3 Å². The number of hydrogen-bond acceptors (Lipinski definition) is 4. The third-order valence-corrected chi connectivity index (χ3v) is 2.27. The van der Waals surface area contributed by atoms with E-state index in [-0.39, 0.29) is 12.5 Å². The molecule has 1 aromatic rings. The van der Waals surface area contributed by atoms with Crippen LogP contribution in [-0.2, 0) is 9.53 Å². The molecule has 0 spiro atoms. The Morgan fingerprint density at radius 3 is 2.94 bits per heavy atom. The van der Waals surface area contributed by atoms with E-state index in [1.54, 1.807) is 7.11 Å². The molecule has 0 unspecified atom stereocenters. The van der Waals surface area contributed by atoms with Crippen molar-refractivity contribution in [3.8, 4) is 5.75 Å². The molecule has 0 radical (unpaired) electrons. The number of carbonyl (C=O) groups is 1. The average Bonchev–Trinajstić information content (AvgIpc) is 2.37. The van der Waals surface area contributed by atoms with Gasteiger partial charge in [-0.15, -0.1) is 0 Å². The molecule has 17 heavy (non-hydrogen) atoms. The van der Waals surface area contributed by atoms with Crippen LogP contribution in [0.5, 0.6) is 5.75 Å². The number of benzene rings is 1. The van der Waals surface area contributed by atoms with Crippen LogP contribution in [0.2, 0.25) is 0 Å². The fourth-order valence-electron chi connectivity index (χ4n) is 1.29. The highest BCUT2D eigenvalue weighted by Crippen LogP contribution is 2.16. The number of unbranched alkanes of at least 4 members (excludes halogenated alkanes) is 1. The second-order valence-electron chi connectivity index (χ2n) is 3.66. The van der Waals surface area contributed by atoms with E-state index < -0.39 is 0 Å². The minimum Gasteiger partial charge on any atom is -0.497 e. The van der Waals surface area contributed by atoms with Crippen LogP contribution in [0.15, 0.2) is 24.3 Å². The van der Waals surface area contributed by atoms with E-state index in [1.165, 1.54) is 0 Å². The zero-order valence-electron chi connectivity index (χ0n) is 10.4. The van der Waals surface area contributed by atoms with E-state index in [9.17, 15) is 4.79 Å². The highest BCUT2D eigenvalue weighted by atomic mass is 16.5. The summed E-state index contributed by atoms with van der Waals surface area (Å²) in [7, 11) is 1.61. The maximum atomic E-state index is 11.3. The summed E-state index contributed by atoms with van der Waals surface area (Å²) in [4.78, 5) is 11.3. The lowest BCUT2D eigenvalue weighted by Crippen LogP contribution is -2.17. The predicted octanol–water partition coefficient (Wildman–Crippen LogP) is 2.45. The van der Waals surface area contributed by atoms with Gasteiger partial charge in [-0.25, -0.2) is 0 Å². The molecule has 0 aromatic heterocycles. The minimum absolute atomic E-state index is 0.177. The molecule has 1 aromatic carbocycles. The summed E-state index contributed by atoms with van der Waals surface area (Å²) >= 11 is 0. The van der Waals surface area contributed by atoms with E-state index >= 15 is 0 Å². The van der Waals surface area contributed by atoms with Gasteiger partial charge in [0.05, 0.1) is 13.7 Å². The lowest BCUT2D eigenvalue weighted by atomic mass is 10.3. The Balaban J connectivity index is 2.31. The van der Waals surface area contributed by atoms with Crippen molar-refractivity contribution in [2.24, 2.45) is 0 Å².